The molecule has 0 atom stereocenters. The molecule has 0 unspecified atom stereocenters. The first-order chi connectivity index (χ1) is 4.00. The van der Waals surface area contributed by atoms with E-state index in [1.165, 1.54) is 0 Å². The molecule has 67 valence electrons. The molecule has 0 heterocycles. The van der Waals surface area contributed by atoms with Gasteiger partial charge in [-0.05, 0) is 0 Å². The molecule has 1 radical (unpaired) electrons. The van der Waals surface area contributed by atoms with E-state index >= 15 is 0 Å². The minimum absolute atomic E-state index is 0. The van der Waals surface area contributed by atoms with Crippen LogP contribution in [0.4, 0.5) is 0 Å². The molecule has 0 aromatic rings. The Balaban J connectivity index is -0.000000107. The van der Waals surface area contributed by atoms with Crippen LogP contribution in [0.15, 0.2) is 0 Å². The summed E-state index contributed by atoms with van der Waals surface area (Å²) in [5.41, 5.74) is 0. The van der Waals surface area contributed by atoms with Crippen molar-refractivity contribution in [2.45, 2.75) is 0 Å². The third kappa shape index (κ3) is 1090. The predicted molar refractivity (Wildman–Crippen MR) is 16.9 cm³/mol. The van der Waals surface area contributed by atoms with Crippen molar-refractivity contribution < 1.29 is 47.8 Å². The van der Waals surface area contributed by atoms with Crippen molar-refractivity contribution in [1.82, 2.24) is 0 Å². The normalized spacial score (nSPS) is 10.6. The first kappa shape index (κ1) is 17.8. The minimum atomic E-state index is -6.10. The van der Waals surface area contributed by atoms with Gasteiger partial charge in [-0.15, -0.1) is 0 Å². The molecule has 0 saturated heterocycles. The van der Waals surface area contributed by atoms with E-state index in [2.05, 4.69) is 0 Å². The van der Waals surface area contributed by atoms with Gasteiger partial charge in [-0.1, -0.05) is 0 Å². The molecule has 0 bridgehead atoms. The Labute approximate surface area is 78.0 Å². The van der Waals surface area contributed by atoms with Crippen LogP contribution in [0.1, 0.15) is 0 Å². The number of hydrogen-bond acceptors (Lipinski definition) is 8. The third-order valence-corrected chi connectivity index (χ3v) is 0. The van der Waals surface area contributed by atoms with Crippen LogP contribution in [0.2, 0.25) is 0 Å². The van der Waals surface area contributed by atoms with E-state index in [1.54, 1.807) is 0 Å². The van der Waals surface area contributed by atoms with Gasteiger partial charge in [-0.2, -0.15) is 0 Å². The van der Waals surface area contributed by atoms with E-state index in [1.807, 2.05) is 0 Å². The van der Waals surface area contributed by atoms with E-state index in [9.17, 15) is 0 Å². The molecule has 8 nitrogen and oxygen atoms in total. The fourth-order valence-electron chi connectivity index (χ4n) is 0. The molecule has 0 aliphatic heterocycles. The molecule has 0 aliphatic rings. The van der Waals surface area contributed by atoms with Crippen LogP contribution in [0, 0.1) is 0 Å². The summed E-state index contributed by atoms with van der Waals surface area (Å²) < 4.78 is 68.6. The average molecular weight is 338 g/mol. The number of rotatable bonds is 0. The fraction of sp³-hybridized carbons (Fsp3) is 0. The summed E-state index contributed by atoms with van der Waals surface area (Å²) >= 11 is -6.10. The molecule has 11 heteroatoms. The van der Waals surface area contributed by atoms with Gasteiger partial charge in [-0.25, -0.2) is 0 Å². The van der Waals surface area contributed by atoms with Gasteiger partial charge >= 0.3 is 50.3 Å². The van der Waals surface area contributed by atoms with E-state index in [4.69, 9.17) is 30.7 Å². The van der Waals surface area contributed by atoms with Crippen molar-refractivity contribution in [2.24, 2.45) is 0 Å². The Hall–Kier alpha value is 0.888. The maximum absolute atomic E-state index is 8.64. The zero-order chi connectivity index (χ0) is 9.00. The molecule has 0 N–H and O–H groups in total. The van der Waals surface area contributed by atoms with Crippen LogP contribution in [0.25, 0.3) is 0 Å². The summed E-state index contributed by atoms with van der Waals surface area (Å²) in [6.07, 6.45) is 0. The van der Waals surface area contributed by atoms with Gasteiger partial charge in [-0.3, -0.25) is 8.42 Å². The van der Waals surface area contributed by atoms with Crippen molar-refractivity contribution in [3.05, 3.63) is 0 Å². The zero-order valence-corrected chi connectivity index (χ0v) is 8.95. The Morgan fingerprint density at radius 1 is 1.00 bits per heavy atom. The SMILES string of the molecule is O=S(=O)([O-])[O-].[Fe+5].[O]=[Sb]([O-])([O-])[O-]. The van der Waals surface area contributed by atoms with Crippen LogP contribution in [-0.2, 0) is 30.5 Å². The molecule has 0 saturated carbocycles. The van der Waals surface area contributed by atoms with Gasteiger partial charge in [0, 0.05) is 10.4 Å². The zero-order valence-electron chi connectivity index (χ0n) is 4.48. The quantitative estimate of drug-likeness (QED) is 0.240. The Morgan fingerprint density at radius 2 is 1.00 bits per heavy atom. The summed E-state index contributed by atoms with van der Waals surface area (Å²) in [4.78, 5) is 0. The predicted octanol–water partition coefficient (Wildman–Crippen LogP) is -5.41. The van der Waals surface area contributed by atoms with Gasteiger partial charge in [0.15, 0.2) is 0 Å². The van der Waals surface area contributed by atoms with Crippen molar-refractivity contribution in [3.8, 4) is 0 Å². The van der Waals surface area contributed by atoms with Crippen molar-refractivity contribution in [2.75, 3.05) is 0 Å². The van der Waals surface area contributed by atoms with Crippen molar-refractivity contribution in [1.29, 1.82) is 0 Å². The summed E-state index contributed by atoms with van der Waals surface area (Å²) in [6, 6.07) is 0. The first-order valence-electron chi connectivity index (χ1n) is 1.40. The standard InChI is InChI=1S/Fe.H2O4S.4O.Sb/c;1-5(2,3)4;;;;;/h;(H2,1,2,3,4);;;;;/q+5;;;3*-1;/p-2. The molecule has 0 aromatic carbocycles. The molecule has 0 spiro atoms. The molecular formula is FeO8SSb. The van der Waals surface area contributed by atoms with Crippen molar-refractivity contribution >= 4 is 30.5 Å². The first-order valence-corrected chi connectivity index (χ1v) is 6.90. The summed E-state index contributed by atoms with van der Waals surface area (Å²) in [7, 11) is -5.17. The van der Waals surface area contributed by atoms with Gasteiger partial charge in [0.25, 0.3) is 0 Å². The Morgan fingerprint density at radius 3 is 1.00 bits per heavy atom. The molecular weight excluding hydrogens is 338 g/mol. The Kier molecular flexibility index (Phi) is 10.4. The van der Waals surface area contributed by atoms with E-state index in [0.717, 1.165) is 0 Å². The average Bonchev–Trinajstić information content (AvgIpc) is 1.12. The monoisotopic (exact) mass is 337 g/mol. The topological polar surface area (TPSA) is 167 Å². The molecule has 0 amide bonds. The second-order valence-electron chi connectivity index (χ2n) is 0.855. The summed E-state index contributed by atoms with van der Waals surface area (Å²) in [5, 5.41) is 0. The maximum atomic E-state index is 8.64. The van der Waals surface area contributed by atoms with E-state index < -0.39 is 30.5 Å². The van der Waals surface area contributed by atoms with E-state index in [-0.39, 0.29) is 17.1 Å². The molecule has 0 fully saturated rings. The van der Waals surface area contributed by atoms with Gasteiger partial charge in [0.2, 0.25) is 0 Å². The van der Waals surface area contributed by atoms with Gasteiger partial charge in [0.05, 0.1) is 0 Å². The van der Waals surface area contributed by atoms with Crippen LogP contribution < -0.4 is 10.2 Å². The van der Waals surface area contributed by atoms with Crippen LogP contribution in [0.3, 0.4) is 0 Å². The fourth-order valence-corrected chi connectivity index (χ4v) is 0. The summed E-state index contributed by atoms with van der Waals surface area (Å²) in [5.74, 6) is 0. The molecule has 11 heavy (non-hydrogen) atoms. The van der Waals surface area contributed by atoms with E-state index in [0.29, 0.717) is 0 Å². The second kappa shape index (κ2) is 6.41. The van der Waals surface area contributed by atoms with Gasteiger partial charge < -0.3 is 9.11 Å². The molecule has 0 aliphatic carbocycles. The number of hydrogen-bond donors (Lipinski definition) is 0. The van der Waals surface area contributed by atoms with Crippen LogP contribution in [0.5, 0.6) is 0 Å². The molecule has 0 aromatic heterocycles. The van der Waals surface area contributed by atoms with Crippen molar-refractivity contribution in [3.63, 3.8) is 0 Å². The third-order valence-electron chi connectivity index (χ3n) is 0. The molecule has 0 rings (SSSR count). The summed E-state index contributed by atoms with van der Waals surface area (Å²) in [6.45, 7) is 0. The van der Waals surface area contributed by atoms with Crippen LogP contribution >= 0.6 is 0 Å². The van der Waals surface area contributed by atoms with Gasteiger partial charge in [0.1, 0.15) is 0 Å². The van der Waals surface area contributed by atoms with Crippen LogP contribution in [-0.4, -0.2) is 37.6 Å². The second-order valence-corrected chi connectivity index (χ2v) is 4.22. The Bertz CT molecular complexity index is 192.